The fourth-order valence-electron chi connectivity index (χ4n) is 2.65. The standard InChI is InChI=1S/C14H23N3O4/c1-2-21-14(19)11-10-17(13(18)12(11)15)5-3-4-16-6-8-20-9-7-16/h11,15H,2-10H2,1H3/t11-/m0/s1. The van der Waals surface area contributed by atoms with Crippen LogP contribution >= 0.6 is 0 Å². The molecule has 21 heavy (non-hydrogen) atoms. The molecule has 7 heteroatoms. The first-order valence-electron chi connectivity index (χ1n) is 7.48. The van der Waals surface area contributed by atoms with Crippen LogP contribution in [0.3, 0.4) is 0 Å². The van der Waals surface area contributed by atoms with E-state index in [0.717, 1.165) is 39.3 Å². The number of morpholine rings is 1. The number of esters is 1. The molecule has 0 aromatic heterocycles. The number of carbonyl (C=O) groups is 2. The minimum absolute atomic E-state index is 0.139. The Balaban J connectivity index is 1.77. The Labute approximate surface area is 124 Å². The van der Waals surface area contributed by atoms with E-state index in [-0.39, 0.29) is 24.8 Å². The average Bonchev–Trinajstić information content (AvgIpc) is 2.77. The van der Waals surface area contributed by atoms with Crippen molar-refractivity contribution in [3.8, 4) is 0 Å². The van der Waals surface area contributed by atoms with Gasteiger partial charge in [-0.3, -0.25) is 19.9 Å². The second kappa shape index (κ2) is 7.51. The van der Waals surface area contributed by atoms with Crippen LogP contribution in [-0.2, 0) is 19.1 Å². The molecule has 118 valence electrons. The highest BCUT2D eigenvalue weighted by molar-refractivity contribution is 6.43. The van der Waals surface area contributed by atoms with E-state index in [9.17, 15) is 9.59 Å². The monoisotopic (exact) mass is 297 g/mol. The Morgan fingerprint density at radius 3 is 2.76 bits per heavy atom. The summed E-state index contributed by atoms with van der Waals surface area (Å²) in [7, 11) is 0. The van der Waals surface area contributed by atoms with Gasteiger partial charge in [-0.1, -0.05) is 0 Å². The molecule has 0 radical (unpaired) electrons. The van der Waals surface area contributed by atoms with Gasteiger partial charge < -0.3 is 14.4 Å². The van der Waals surface area contributed by atoms with E-state index in [1.807, 2.05) is 0 Å². The third kappa shape index (κ3) is 4.01. The maximum atomic E-state index is 12.0. The number of hydrogen-bond donors (Lipinski definition) is 1. The summed E-state index contributed by atoms with van der Waals surface area (Å²) in [4.78, 5) is 27.6. The topological polar surface area (TPSA) is 82.9 Å². The molecule has 2 fully saturated rings. The summed E-state index contributed by atoms with van der Waals surface area (Å²) in [6.45, 7) is 7.13. The largest absolute Gasteiger partial charge is 0.465 e. The van der Waals surface area contributed by atoms with Gasteiger partial charge in [0.05, 0.1) is 19.8 Å². The molecule has 1 atom stereocenters. The first kappa shape index (κ1) is 15.9. The minimum Gasteiger partial charge on any atom is -0.465 e. The lowest BCUT2D eigenvalue weighted by Gasteiger charge is -2.27. The van der Waals surface area contributed by atoms with Crippen molar-refractivity contribution < 1.29 is 19.1 Å². The molecule has 0 aliphatic carbocycles. The Morgan fingerprint density at radius 1 is 1.38 bits per heavy atom. The van der Waals surface area contributed by atoms with Gasteiger partial charge in [0.1, 0.15) is 11.6 Å². The third-order valence-electron chi connectivity index (χ3n) is 3.85. The summed E-state index contributed by atoms with van der Waals surface area (Å²) in [6, 6.07) is 0. The Morgan fingerprint density at radius 2 is 2.10 bits per heavy atom. The molecule has 1 amide bonds. The first-order valence-corrected chi connectivity index (χ1v) is 7.48. The van der Waals surface area contributed by atoms with E-state index in [1.54, 1.807) is 11.8 Å². The molecule has 0 spiro atoms. The summed E-state index contributed by atoms with van der Waals surface area (Å²) in [5.74, 6) is -1.53. The maximum Gasteiger partial charge on any atom is 0.317 e. The molecule has 0 bridgehead atoms. The summed E-state index contributed by atoms with van der Waals surface area (Å²) >= 11 is 0. The van der Waals surface area contributed by atoms with Crippen molar-refractivity contribution in [1.82, 2.24) is 9.80 Å². The predicted molar refractivity (Wildman–Crippen MR) is 76.3 cm³/mol. The van der Waals surface area contributed by atoms with Crippen LogP contribution in [0.5, 0.6) is 0 Å². The zero-order chi connectivity index (χ0) is 15.2. The minimum atomic E-state index is -0.721. The molecule has 0 aromatic rings. The van der Waals surface area contributed by atoms with E-state index in [0.29, 0.717) is 6.54 Å². The normalized spacial score (nSPS) is 23.7. The fourth-order valence-corrected chi connectivity index (χ4v) is 2.65. The fraction of sp³-hybridized carbons (Fsp3) is 0.786. The number of likely N-dealkylation sites (tertiary alicyclic amines) is 1. The molecule has 2 rings (SSSR count). The SMILES string of the molecule is CCOC(=O)[C@H]1CN(CCCN2CCOCC2)C(=O)C1=N. The van der Waals surface area contributed by atoms with Gasteiger partial charge in [-0.2, -0.15) is 0 Å². The van der Waals surface area contributed by atoms with Crippen molar-refractivity contribution in [2.24, 2.45) is 5.92 Å². The highest BCUT2D eigenvalue weighted by Crippen LogP contribution is 2.16. The predicted octanol–water partition coefficient (Wildman–Crippen LogP) is -0.250. The molecule has 2 aliphatic heterocycles. The maximum absolute atomic E-state index is 12.0. The molecule has 0 unspecified atom stereocenters. The molecule has 7 nitrogen and oxygen atoms in total. The highest BCUT2D eigenvalue weighted by Gasteiger charge is 2.40. The lowest BCUT2D eigenvalue weighted by Crippen LogP contribution is -2.38. The number of carbonyl (C=O) groups excluding carboxylic acids is 2. The van der Waals surface area contributed by atoms with Crippen LogP contribution < -0.4 is 0 Å². The average molecular weight is 297 g/mol. The summed E-state index contributed by atoms with van der Waals surface area (Å²) < 4.78 is 10.2. The van der Waals surface area contributed by atoms with Crippen LogP contribution in [0.4, 0.5) is 0 Å². The van der Waals surface area contributed by atoms with Gasteiger partial charge in [0.2, 0.25) is 0 Å². The van der Waals surface area contributed by atoms with Gasteiger partial charge in [0.25, 0.3) is 5.91 Å². The van der Waals surface area contributed by atoms with Crippen LogP contribution in [0.1, 0.15) is 13.3 Å². The molecular weight excluding hydrogens is 274 g/mol. The third-order valence-corrected chi connectivity index (χ3v) is 3.85. The summed E-state index contributed by atoms with van der Waals surface area (Å²) in [5.41, 5.74) is -0.139. The first-order chi connectivity index (χ1) is 10.1. The van der Waals surface area contributed by atoms with Gasteiger partial charge in [-0.05, 0) is 13.3 Å². The van der Waals surface area contributed by atoms with Gasteiger partial charge in [0.15, 0.2) is 0 Å². The van der Waals surface area contributed by atoms with E-state index in [4.69, 9.17) is 14.9 Å². The number of hydrogen-bond acceptors (Lipinski definition) is 6. The van der Waals surface area contributed by atoms with Crippen molar-refractivity contribution in [3.05, 3.63) is 0 Å². The smallest absolute Gasteiger partial charge is 0.317 e. The number of amides is 1. The van der Waals surface area contributed by atoms with Gasteiger partial charge in [0, 0.05) is 32.7 Å². The van der Waals surface area contributed by atoms with Crippen LogP contribution in [-0.4, -0.2) is 79.9 Å². The summed E-state index contributed by atoms with van der Waals surface area (Å²) in [5, 5.41) is 7.76. The van der Waals surface area contributed by atoms with Crippen LogP contribution in [0, 0.1) is 11.3 Å². The van der Waals surface area contributed by atoms with E-state index in [1.165, 1.54) is 0 Å². The Kier molecular flexibility index (Phi) is 5.69. The zero-order valence-corrected chi connectivity index (χ0v) is 12.5. The molecule has 2 aliphatic rings. The van der Waals surface area contributed by atoms with E-state index in [2.05, 4.69) is 4.90 Å². The number of nitrogens with zero attached hydrogens (tertiary/aromatic N) is 2. The number of nitrogens with one attached hydrogen (secondary N) is 1. The van der Waals surface area contributed by atoms with Crippen LogP contribution in [0.25, 0.3) is 0 Å². The van der Waals surface area contributed by atoms with Gasteiger partial charge >= 0.3 is 5.97 Å². The van der Waals surface area contributed by atoms with Crippen molar-refractivity contribution in [1.29, 1.82) is 5.41 Å². The summed E-state index contributed by atoms with van der Waals surface area (Å²) in [6.07, 6.45) is 0.842. The van der Waals surface area contributed by atoms with Crippen molar-refractivity contribution in [2.75, 3.05) is 52.5 Å². The molecule has 0 saturated carbocycles. The van der Waals surface area contributed by atoms with Crippen molar-refractivity contribution >= 4 is 17.6 Å². The molecular formula is C14H23N3O4. The molecule has 2 heterocycles. The van der Waals surface area contributed by atoms with Crippen LogP contribution in [0.15, 0.2) is 0 Å². The van der Waals surface area contributed by atoms with Gasteiger partial charge in [-0.15, -0.1) is 0 Å². The number of ether oxygens (including phenoxy) is 2. The molecule has 1 N–H and O–H groups in total. The van der Waals surface area contributed by atoms with E-state index >= 15 is 0 Å². The molecule has 0 aromatic carbocycles. The zero-order valence-electron chi connectivity index (χ0n) is 12.5. The lowest BCUT2D eigenvalue weighted by molar-refractivity contribution is -0.145. The second-order valence-corrected chi connectivity index (χ2v) is 5.28. The molecule has 2 saturated heterocycles. The van der Waals surface area contributed by atoms with E-state index < -0.39 is 11.9 Å². The van der Waals surface area contributed by atoms with Crippen molar-refractivity contribution in [3.63, 3.8) is 0 Å². The number of rotatable bonds is 6. The van der Waals surface area contributed by atoms with Crippen LogP contribution in [0.2, 0.25) is 0 Å². The Bertz CT molecular complexity index is 407. The quantitative estimate of drug-likeness (QED) is 0.684. The van der Waals surface area contributed by atoms with Crippen molar-refractivity contribution in [2.45, 2.75) is 13.3 Å². The van der Waals surface area contributed by atoms with Gasteiger partial charge in [-0.25, -0.2) is 0 Å². The lowest BCUT2D eigenvalue weighted by atomic mass is 10.1. The Hall–Kier alpha value is -1.47. The second-order valence-electron chi connectivity index (χ2n) is 5.28. The highest BCUT2D eigenvalue weighted by atomic mass is 16.5.